The molecular weight excluding hydrogens is 187 g/mol. The van der Waals surface area contributed by atoms with Gasteiger partial charge in [-0.3, -0.25) is 4.79 Å². The van der Waals surface area contributed by atoms with Gasteiger partial charge < -0.3 is 4.74 Å². The summed E-state index contributed by atoms with van der Waals surface area (Å²) in [6.45, 7) is 2.18. The molecule has 0 aromatic heterocycles. The SMILES string of the molecule is CCOC(=O)[C@@H]1C[C@@]1(Cl)CCl. The van der Waals surface area contributed by atoms with Crippen molar-refractivity contribution in [2.24, 2.45) is 5.92 Å². The van der Waals surface area contributed by atoms with Crippen LogP contribution < -0.4 is 0 Å². The lowest BCUT2D eigenvalue weighted by molar-refractivity contribution is -0.144. The van der Waals surface area contributed by atoms with Crippen molar-refractivity contribution in [3.05, 3.63) is 0 Å². The van der Waals surface area contributed by atoms with E-state index in [-0.39, 0.29) is 11.9 Å². The maximum absolute atomic E-state index is 11.0. The minimum Gasteiger partial charge on any atom is -0.466 e. The predicted octanol–water partition coefficient (Wildman–Crippen LogP) is 1.79. The van der Waals surface area contributed by atoms with Crippen molar-refractivity contribution in [2.75, 3.05) is 12.5 Å². The Hall–Kier alpha value is 0.0500. The van der Waals surface area contributed by atoms with Crippen LogP contribution >= 0.6 is 23.2 Å². The minimum atomic E-state index is -0.506. The molecule has 0 aliphatic heterocycles. The Labute approximate surface area is 75.8 Å². The van der Waals surface area contributed by atoms with Crippen LogP contribution in [0.5, 0.6) is 0 Å². The number of rotatable bonds is 3. The Morgan fingerprint density at radius 1 is 1.82 bits per heavy atom. The number of ether oxygens (including phenoxy) is 1. The number of esters is 1. The summed E-state index contributed by atoms with van der Waals surface area (Å²) in [7, 11) is 0. The van der Waals surface area contributed by atoms with Crippen molar-refractivity contribution in [3.8, 4) is 0 Å². The molecule has 1 aliphatic carbocycles. The van der Waals surface area contributed by atoms with Gasteiger partial charge in [0.2, 0.25) is 0 Å². The molecule has 4 heteroatoms. The van der Waals surface area contributed by atoms with E-state index in [4.69, 9.17) is 27.9 Å². The van der Waals surface area contributed by atoms with E-state index in [9.17, 15) is 4.79 Å². The van der Waals surface area contributed by atoms with Gasteiger partial charge in [0.1, 0.15) is 0 Å². The van der Waals surface area contributed by atoms with E-state index < -0.39 is 4.87 Å². The molecule has 0 saturated heterocycles. The second-order valence-corrected chi connectivity index (χ2v) is 3.70. The van der Waals surface area contributed by atoms with Crippen molar-refractivity contribution >= 4 is 29.2 Å². The summed E-state index contributed by atoms with van der Waals surface area (Å²) >= 11 is 11.4. The van der Waals surface area contributed by atoms with Crippen molar-refractivity contribution in [3.63, 3.8) is 0 Å². The first kappa shape index (κ1) is 9.14. The average molecular weight is 197 g/mol. The van der Waals surface area contributed by atoms with Gasteiger partial charge in [0, 0.05) is 5.88 Å². The highest BCUT2D eigenvalue weighted by Crippen LogP contribution is 2.50. The molecule has 11 heavy (non-hydrogen) atoms. The molecule has 0 unspecified atom stereocenters. The van der Waals surface area contributed by atoms with Crippen LogP contribution in [0.4, 0.5) is 0 Å². The van der Waals surface area contributed by atoms with Crippen molar-refractivity contribution < 1.29 is 9.53 Å². The number of hydrogen-bond acceptors (Lipinski definition) is 2. The lowest BCUT2D eigenvalue weighted by atomic mass is 10.3. The molecule has 0 heterocycles. The minimum absolute atomic E-state index is 0.179. The fourth-order valence-electron chi connectivity index (χ4n) is 0.965. The quantitative estimate of drug-likeness (QED) is 0.509. The highest BCUT2D eigenvalue weighted by atomic mass is 35.5. The summed E-state index contributed by atoms with van der Waals surface area (Å²) < 4.78 is 4.78. The van der Waals surface area contributed by atoms with Gasteiger partial charge >= 0.3 is 5.97 Å². The predicted molar refractivity (Wildman–Crippen MR) is 44.0 cm³/mol. The van der Waals surface area contributed by atoms with E-state index >= 15 is 0 Å². The molecule has 0 bridgehead atoms. The number of hydrogen-bond donors (Lipinski definition) is 0. The Morgan fingerprint density at radius 2 is 2.45 bits per heavy atom. The van der Waals surface area contributed by atoms with Gasteiger partial charge in [0.15, 0.2) is 0 Å². The molecule has 0 radical (unpaired) electrons. The Kier molecular flexibility index (Phi) is 2.66. The van der Waals surface area contributed by atoms with Crippen molar-refractivity contribution in [1.82, 2.24) is 0 Å². The molecule has 2 atom stereocenters. The first-order valence-electron chi connectivity index (χ1n) is 3.55. The highest BCUT2D eigenvalue weighted by molar-refractivity contribution is 6.34. The molecule has 0 amide bonds. The maximum Gasteiger partial charge on any atom is 0.310 e. The zero-order valence-corrected chi connectivity index (χ0v) is 7.78. The summed E-state index contributed by atoms with van der Waals surface area (Å²) in [5.74, 6) is -0.0809. The number of halogens is 2. The number of carbonyl (C=O) groups excluding carboxylic acids is 1. The van der Waals surface area contributed by atoms with Gasteiger partial charge in [-0.1, -0.05) is 0 Å². The third-order valence-corrected chi connectivity index (χ3v) is 2.97. The van der Waals surface area contributed by atoms with Gasteiger partial charge in [0.25, 0.3) is 0 Å². The van der Waals surface area contributed by atoms with Crippen LogP contribution in [-0.2, 0) is 9.53 Å². The molecule has 1 aliphatic rings. The molecule has 1 rings (SSSR count). The topological polar surface area (TPSA) is 26.3 Å². The van der Waals surface area contributed by atoms with Crippen LogP contribution in [0.3, 0.4) is 0 Å². The standard InChI is InChI=1S/C7H10Cl2O2/c1-2-11-6(10)5-3-7(5,9)4-8/h5H,2-4H2,1H3/t5-,7+/m0/s1. The lowest BCUT2D eigenvalue weighted by Crippen LogP contribution is -2.14. The van der Waals surface area contributed by atoms with Gasteiger partial charge in [-0.15, -0.1) is 23.2 Å². The van der Waals surface area contributed by atoms with Crippen molar-refractivity contribution in [2.45, 2.75) is 18.2 Å². The van der Waals surface area contributed by atoms with E-state index in [0.717, 1.165) is 0 Å². The van der Waals surface area contributed by atoms with Crippen LogP contribution in [0.15, 0.2) is 0 Å². The molecule has 0 spiro atoms. The Morgan fingerprint density at radius 3 is 2.82 bits per heavy atom. The largest absolute Gasteiger partial charge is 0.466 e. The summed E-state index contributed by atoms with van der Waals surface area (Å²) in [6, 6.07) is 0. The zero-order valence-electron chi connectivity index (χ0n) is 6.27. The molecule has 2 nitrogen and oxygen atoms in total. The zero-order chi connectivity index (χ0) is 8.48. The summed E-state index contributed by atoms with van der Waals surface area (Å²) in [4.78, 5) is 10.5. The average Bonchev–Trinajstić information content (AvgIpc) is 2.65. The monoisotopic (exact) mass is 196 g/mol. The third kappa shape index (κ3) is 1.79. The van der Waals surface area contributed by atoms with E-state index in [0.29, 0.717) is 18.9 Å². The molecule has 0 aromatic carbocycles. The van der Waals surface area contributed by atoms with Crippen LogP contribution in [0.25, 0.3) is 0 Å². The second kappa shape index (κ2) is 3.20. The van der Waals surface area contributed by atoms with Gasteiger partial charge in [-0.05, 0) is 13.3 Å². The van der Waals surface area contributed by atoms with E-state index in [1.54, 1.807) is 6.92 Å². The molecule has 1 saturated carbocycles. The van der Waals surface area contributed by atoms with Crippen LogP contribution in [0.1, 0.15) is 13.3 Å². The van der Waals surface area contributed by atoms with E-state index in [1.165, 1.54) is 0 Å². The lowest BCUT2D eigenvalue weighted by Gasteiger charge is -2.02. The first-order valence-corrected chi connectivity index (χ1v) is 4.47. The fourth-order valence-corrected chi connectivity index (χ4v) is 1.50. The Bertz CT molecular complexity index is 172. The smallest absolute Gasteiger partial charge is 0.310 e. The number of alkyl halides is 2. The maximum atomic E-state index is 11.0. The van der Waals surface area contributed by atoms with Gasteiger partial charge in [0.05, 0.1) is 17.4 Å². The summed E-state index contributed by atoms with van der Waals surface area (Å²) in [5.41, 5.74) is 0. The summed E-state index contributed by atoms with van der Waals surface area (Å²) in [6.07, 6.45) is 0.650. The number of carbonyl (C=O) groups is 1. The Balaban J connectivity index is 2.36. The van der Waals surface area contributed by atoms with Crippen LogP contribution in [0, 0.1) is 5.92 Å². The van der Waals surface area contributed by atoms with Gasteiger partial charge in [-0.2, -0.15) is 0 Å². The van der Waals surface area contributed by atoms with Gasteiger partial charge in [-0.25, -0.2) is 0 Å². The third-order valence-electron chi connectivity index (χ3n) is 1.80. The molecule has 64 valence electrons. The first-order chi connectivity index (χ1) is 5.14. The highest BCUT2D eigenvalue weighted by Gasteiger charge is 2.57. The second-order valence-electron chi connectivity index (χ2n) is 2.68. The molecule has 0 N–H and O–H groups in total. The molecule has 0 aromatic rings. The molecule has 1 fully saturated rings. The van der Waals surface area contributed by atoms with E-state index in [2.05, 4.69) is 0 Å². The van der Waals surface area contributed by atoms with E-state index in [1.807, 2.05) is 0 Å². The fraction of sp³-hybridized carbons (Fsp3) is 0.857. The van der Waals surface area contributed by atoms with Crippen LogP contribution in [-0.4, -0.2) is 23.3 Å². The summed E-state index contributed by atoms with van der Waals surface area (Å²) in [5, 5.41) is 0. The molecular formula is C7H10Cl2O2. The van der Waals surface area contributed by atoms with Crippen molar-refractivity contribution in [1.29, 1.82) is 0 Å². The van der Waals surface area contributed by atoms with Crippen LogP contribution in [0.2, 0.25) is 0 Å². The normalized spacial score (nSPS) is 35.0.